The molecule has 1 aliphatic rings. The molecule has 3 heterocycles. The summed E-state index contributed by atoms with van der Waals surface area (Å²) in [6.45, 7) is 1.31. The van der Waals surface area contributed by atoms with E-state index in [0.29, 0.717) is 42.5 Å². The number of nitrogens with two attached hydrogens (primary N) is 1. The van der Waals surface area contributed by atoms with Crippen molar-refractivity contribution in [2.45, 2.75) is 18.9 Å². The van der Waals surface area contributed by atoms with Crippen LogP contribution in [0, 0.1) is 0 Å². The molecule has 0 spiro atoms. The number of piperidine rings is 1. The van der Waals surface area contributed by atoms with Crippen LogP contribution < -0.4 is 10.0 Å². The van der Waals surface area contributed by atoms with Gasteiger partial charge < -0.3 is 4.90 Å². The van der Waals surface area contributed by atoms with E-state index in [-0.39, 0.29) is 6.04 Å². The van der Waals surface area contributed by atoms with E-state index in [1.54, 1.807) is 0 Å². The van der Waals surface area contributed by atoms with Crippen molar-refractivity contribution in [3.05, 3.63) is 17.7 Å². The van der Waals surface area contributed by atoms with Crippen molar-refractivity contribution in [1.82, 2.24) is 23.9 Å². The monoisotopic (exact) mass is 345 g/mol. The molecule has 0 saturated carbocycles. The molecule has 22 heavy (non-hydrogen) atoms. The van der Waals surface area contributed by atoms with Crippen molar-refractivity contribution >= 4 is 33.3 Å². The van der Waals surface area contributed by atoms with Gasteiger partial charge in [0.1, 0.15) is 6.33 Å². The van der Waals surface area contributed by atoms with Crippen molar-refractivity contribution in [3.8, 4) is 0 Å². The van der Waals surface area contributed by atoms with Crippen LogP contribution in [0.25, 0.3) is 5.65 Å². The maximum atomic E-state index is 11.4. The van der Waals surface area contributed by atoms with Gasteiger partial charge in [-0.15, -0.1) is 0 Å². The summed E-state index contributed by atoms with van der Waals surface area (Å²) in [5, 5.41) is 9.64. The summed E-state index contributed by atoms with van der Waals surface area (Å²) in [5.41, 5.74) is 0.589. The van der Waals surface area contributed by atoms with Crippen molar-refractivity contribution in [2.24, 2.45) is 5.14 Å². The predicted octanol–water partition coefficient (Wildman–Crippen LogP) is -0.118. The number of fused-ring (bicyclic) bond motifs is 1. The van der Waals surface area contributed by atoms with Gasteiger partial charge in [-0.2, -0.15) is 22.3 Å². The smallest absolute Gasteiger partial charge is 0.276 e. The van der Waals surface area contributed by atoms with Gasteiger partial charge >= 0.3 is 0 Å². The average Bonchev–Trinajstić information content (AvgIpc) is 2.87. The molecule has 0 atom stereocenters. The topological polar surface area (TPSA) is 110 Å². The molecule has 2 aromatic rings. The van der Waals surface area contributed by atoms with Crippen LogP contribution in [0.15, 0.2) is 12.5 Å². The fourth-order valence-corrected chi connectivity index (χ4v) is 3.45. The molecule has 0 aromatic carbocycles. The number of nitrogens with zero attached hydrogens (tertiary/aromatic N) is 6. The number of anilines is 1. The van der Waals surface area contributed by atoms with E-state index in [2.05, 4.69) is 15.1 Å². The Hall–Kier alpha value is -1.49. The highest BCUT2D eigenvalue weighted by molar-refractivity contribution is 7.86. The molecule has 0 radical (unpaired) electrons. The van der Waals surface area contributed by atoms with E-state index in [9.17, 15) is 8.42 Å². The molecule has 11 heteroatoms. The zero-order chi connectivity index (χ0) is 15.9. The van der Waals surface area contributed by atoms with Crippen LogP contribution in [-0.2, 0) is 10.2 Å². The van der Waals surface area contributed by atoms with Crippen LogP contribution in [-0.4, -0.2) is 58.5 Å². The molecule has 0 unspecified atom stereocenters. The lowest BCUT2D eigenvalue weighted by Gasteiger charge is -2.35. The second kappa shape index (κ2) is 5.61. The number of halogens is 1. The number of imidazole rings is 1. The minimum atomic E-state index is -3.66. The molecule has 0 aliphatic carbocycles. The van der Waals surface area contributed by atoms with Crippen LogP contribution in [0.4, 0.5) is 5.82 Å². The first kappa shape index (κ1) is 15.4. The zero-order valence-electron chi connectivity index (χ0n) is 11.9. The van der Waals surface area contributed by atoms with Crippen LogP contribution in [0.5, 0.6) is 0 Å². The highest BCUT2D eigenvalue weighted by atomic mass is 35.5. The fraction of sp³-hybridized carbons (Fsp3) is 0.545. The van der Waals surface area contributed by atoms with E-state index >= 15 is 0 Å². The Balaban J connectivity index is 1.79. The highest BCUT2D eigenvalue weighted by Crippen LogP contribution is 2.24. The van der Waals surface area contributed by atoms with Gasteiger partial charge in [0.15, 0.2) is 16.6 Å². The highest BCUT2D eigenvalue weighted by Gasteiger charge is 2.29. The van der Waals surface area contributed by atoms with Gasteiger partial charge in [0.25, 0.3) is 10.2 Å². The first-order valence-corrected chi connectivity index (χ1v) is 8.61. The van der Waals surface area contributed by atoms with Crippen molar-refractivity contribution in [1.29, 1.82) is 0 Å². The molecule has 0 amide bonds. The Bertz CT molecular complexity index is 785. The van der Waals surface area contributed by atoms with Crippen LogP contribution in [0.1, 0.15) is 12.8 Å². The van der Waals surface area contributed by atoms with Crippen LogP contribution in [0.2, 0.25) is 5.15 Å². The zero-order valence-corrected chi connectivity index (χ0v) is 13.5. The van der Waals surface area contributed by atoms with Gasteiger partial charge in [0, 0.05) is 26.2 Å². The van der Waals surface area contributed by atoms with E-state index in [4.69, 9.17) is 16.7 Å². The molecule has 1 saturated heterocycles. The minimum Gasteiger partial charge on any atom is -0.353 e. The lowest BCUT2D eigenvalue weighted by molar-refractivity contribution is 0.312. The summed E-state index contributed by atoms with van der Waals surface area (Å²) in [7, 11) is -2.15. The normalized spacial score (nSPS) is 17.5. The largest absolute Gasteiger partial charge is 0.353 e. The first-order chi connectivity index (χ1) is 10.4. The second-order valence-electron chi connectivity index (χ2n) is 5.18. The quantitative estimate of drug-likeness (QED) is 0.830. The summed E-state index contributed by atoms with van der Waals surface area (Å²) in [6, 6.07) is -0.104. The fourth-order valence-electron chi connectivity index (χ4n) is 2.65. The van der Waals surface area contributed by atoms with Gasteiger partial charge in [0.2, 0.25) is 0 Å². The third kappa shape index (κ3) is 2.74. The second-order valence-corrected chi connectivity index (χ2v) is 7.17. The Morgan fingerprint density at radius 1 is 1.36 bits per heavy atom. The summed E-state index contributed by atoms with van der Waals surface area (Å²) in [5.74, 6) is 0.693. The minimum absolute atomic E-state index is 0.104. The summed E-state index contributed by atoms with van der Waals surface area (Å²) < 4.78 is 25.6. The third-order valence-corrected chi connectivity index (χ3v) is 5.28. The van der Waals surface area contributed by atoms with E-state index < -0.39 is 10.2 Å². The van der Waals surface area contributed by atoms with Crippen LogP contribution in [0.3, 0.4) is 0 Å². The molecule has 2 N–H and O–H groups in total. The molecule has 2 aromatic heterocycles. The van der Waals surface area contributed by atoms with Crippen molar-refractivity contribution < 1.29 is 8.42 Å². The molecular weight excluding hydrogens is 330 g/mol. The first-order valence-electron chi connectivity index (χ1n) is 6.73. The molecule has 3 rings (SSSR count). The van der Waals surface area contributed by atoms with Gasteiger partial charge in [0.05, 0.1) is 6.20 Å². The Kier molecular flexibility index (Phi) is 3.93. The van der Waals surface area contributed by atoms with Gasteiger partial charge in [-0.25, -0.2) is 15.1 Å². The number of rotatable bonds is 3. The van der Waals surface area contributed by atoms with E-state index in [1.807, 2.05) is 4.90 Å². The Labute approximate surface area is 132 Å². The van der Waals surface area contributed by atoms with E-state index in [0.717, 1.165) is 0 Å². The van der Waals surface area contributed by atoms with Crippen molar-refractivity contribution in [2.75, 3.05) is 25.0 Å². The Morgan fingerprint density at radius 3 is 2.68 bits per heavy atom. The molecule has 1 aliphatic heterocycles. The molecule has 1 fully saturated rings. The number of aromatic nitrogens is 4. The molecule has 120 valence electrons. The number of hydrogen-bond donors (Lipinski definition) is 1. The summed E-state index contributed by atoms with van der Waals surface area (Å²) >= 11 is 6.00. The lowest BCUT2D eigenvalue weighted by Crippen LogP contribution is -2.47. The van der Waals surface area contributed by atoms with Crippen molar-refractivity contribution in [3.63, 3.8) is 0 Å². The molecular formula is C11H16ClN7O2S. The standard InChI is InChI=1S/C11H16ClN7O2S/c1-17(22(13,20)21)8-2-4-18(5-3-8)10-11-14-6-9(12)19(11)16-7-15-10/h6-8H,2-5H2,1H3,(H2,13,20,21). The van der Waals surface area contributed by atoms with Gasteiger partial charge in [-0.3, -0.25) is 0 Å². The predicted molar refractivity (Wildman–Crippen MR) is 81.9 cm³/mol. The third-order valence-electron chi connectivity index (χ3n) is 3.92. The summed E-state index contributed by atoms with van der Waals surface area (Å²) in [4.78, 5) is 10.6. The Morgan fingerprint density at radius 2 is 2.05 bits per heavy atom. The lowest BCUT2D eigenvalue weighted by atomic mass is 10.1. The maximum Gasteiger partial charge on any atom is 0.276 e. The summed E-state index contributed by atoms with van der Waals surface area (Å²) in [6.07, 6.45) is 4.28. The average molecular weight is 346 g/mol. The molecule has 0 bridgehead atoms. The SMILES string of the molecule is CN(C1CCN(c2ncnn3c(Cl)cnc23)CC1)S(N)(=O)=O. The van der Waals surface area contributed by atoms with Gasteiger partial charge in [-0.1, -0.05) is 11.6 Å². The molecule has 9 nitrogen and oxygen atoms in total. The van der Waals surface area contributed by atoms with Crippen LogP contribution >= 0.6 is 11.6 Å². The van der Waals surface area contributed by atoms with E-state index in [1.165, 1.54) is 28.4 Å². The number of hydrogen-bond acceptors (Lipinski definition) is 6. The van der Waals surface area contributed by atoms with Gasteiger partial charge in [-0.05, 0) is 12.8 Å². The maximum absolute atomic E-state index is 11.4.